The molecule has 124 valence electrons. The number of hydrogen-bond donors (Lipinski definition) is 2. The van der Waals surface area contributed by atoms with Crippen molar-refractivity contribution in [2.75, 3.05) is 0 Å². The van der Waals surface area contributed by atoms with Gasteiger partial charge in [0.25, 0.3) is 0 Å². The third-order valence-electron chi connectivity index (χ3n) is 2.10. The third-order valence-corrected chi connectivity index (χ3v) is 2.72. The third kappa shape index (κ3) is 7.51. The fourth-order valence-electron chi connectivity index (χ4n) is 1.38. The number of carbonyl (C=O) groups is 1. The molecule has 0 spiro atoms. The first-order valence-electron chi connectivity index (χ1n) is 6.22. The van der Waals surface area contributed by atoms with Gasteiger partial charge in [0.2, 0.25) is 0 Å². The molecule has 5 nitrogen and oxygen atoms in total. The van der Waals surface area contributed by atoms with E-state index in [1.54, 1.807) is 20.8 Å². The first-order chi connectivity index (χ1) is 9.96. The Morgan fingerprint density at radius 3 is 2.41 bits per heavy atom. The zero-order valence-electron chi connectivity index (χ0n) is 12.2. The zero-order valence-corrected chi connectivity index (χ0v) is 13.8. The highest BCUT2D eigenvalue weighted by Crippen LogP contribution is 2.30. The van der Waals surface area contributed by atoms with Crippen molar-refractivity contribution in [2.24, 2.45) is 0 Å². The molecule has 22 heavy (non-hydrogen) atoms. The molecule has 1 rings (SSSR count). The Hall–Kier alpha value is -1.48. The van der Waals surface area contributed by atoms with E-state index in [1.807, 2.05) is 0 Å². The largest absolute Gasteiger partial charge is 0.573 e. The van der Waals surface area contributed by atoms with Crippen molar-refractivity contribution in [3.63, 3.8) is 0 Å². The molecule has 0 fully saturated rings. The van der Waals surface area contributed by atoms with Gasteiger partial charge in [-0.25, -0.2) is 10.2 Å². The van der Waals surface area contributed by atoms with E-state index in [0.29, 0.717) is 5.56 Å². The monoisotopic (exact) mass is 384 g/mol. The van der Waals surface area contributed by atoms with E-state index < -0.39 is 18.1 Å². The van der Waals surface area contributed by atoms with Gasteiger partial charge in [-0.05, 0) is 54.4 Å². The maximum Gasteiger partial charge on any atom is 0.573 e. The number of benzene rings is 1. The molecule has 0 radical (unpaired) electrons. The summed E-state index contributed by atoms with van der Waals surface area (Å²) in [4.78, 5) is 11.4. The average molecular weight is 385 g/mol. The average Bonchev–Trinajstić information content (AvgIpc) is 2.28. The predicted molar refractivity (Wildman–Crippen MR) is 77.0 cm³/mol. The lowest BCUT2D eigenvalue weighted by Gasteiger charge is -2.19. The van der Waals surface area contributed by atoms with Crippen LogP contribution in [0.25, 0.3) is 0 Å². The van der Waals surface area contributed by atoms with E-state index in [0.717, 1.165) is 0 Å². The molecule has 0 saturated carbocycles. The molecule has 0 aliphatic carbocycles. The molecule has 9 heteroatoms. The maximum absolute atomic E-state index is 12.1. The molecule has 0 heterocycles. The smallest absolute Gasteiger partial charge is 0.443 e. The van der Waals surface area contributed by atoms with Crippen LogP contribution in [0, 0.1) is 0 Å². The number of carbonyl (C=O) groups excluding carboxylic acids is 1. The first kappa shape index (κ1) is 18.6. The van der Waals surface area contributed by atoms with E-state index in [9.17, 15) is 18.0 Å². The van der Waals surface area contributed by atoms with Crippen molar-refractivity contribution in [3.8, 4) is 5.75 Å². The fraction of sp³-hybridized carbons (Fsp3) is 0.462. The number of hydrazine groups is 1. The molecular formula is C13H16BrF3N2O3. The number of hydrogen-bond acceptors (Lipinski definition) is 4. The Kier molecular flexibility index (Phi) is 6.07. The van der Waals surface area contributed by atoms with Crippen LogP contribution in [0.3, 0.4) is 0 Å². The SMILES string of the molecule is CC(C)(C)OC(=O)NNCc1ccc(OC(F)(F)F)c(Br)c1. The molecular weight excluding hydrogens is 369 g/mol. The summed E-state index contributed by atoms with van der Waals surface area (Å²) in [5, 5.41) is 0. The van der Waals surface area contributed by atoms with E-state index >= 15 is 0 Å². The molecule has 0 aliphatic heterocycles. The van der Waals surface area contributed by atoms with Gasteiger partial charge in [0, 0.05) is 6.54 Å². The lowest BCUT2D eigenvalue weighted by atomic mass is 10.2. The highest BCUT2D eigenvalue weighted by molar-refractivity contribution is 9.10. The molecule has 0 bridgehead atoms. The summed E-state index contributed by atoms with van der Waals surface area (Å²) in [5.74, 6) is -0.337. The Balaban J connectivity index is 2.51. The molecule has 0 aliphatic rings. The van der Waals surface area contributed by atoms with Crippen LogP contribution in [0.5, 0.6) is 5.75 Å². The normalized spacial score (nSPS) is 12.0. The molecule has 0 aromatic heterocycles. The fourth-order valence-corrected chi connectivity index (χ4v) is 1.89. The van der Waals surface area contributed by atoms with Crippen molar-refractivity contribution in [1.82, 2.24) is 10.9 Å². The summed E-state index contributed by atoms with van der Waals surface area (Å²) < 4.78 is 45.4. The van der Waals surface area contributed by atoms with Gasteiger partial charge in [-0.3, -0.25) is 5.43 Å². The van der Waals surface area contributed by atoms with Crippen LogP contribution >= 0.6 is 15.9 Å². The van der Waals surface area contributed by atoms with Crippen LogP contribution in [-0.4, -0.2) is 18.1 Å². The van der Waals surface area contributed by atoms with Gasteiger partial charge in [0.15, 0.2) is 0 Å². The Morgan fingerprint density at radius 1 is 1.27 bits per heavy atom. The van der Waals surface area contributed by atoms with E-state index in [2.05, 4.69) is 31.5 Å². The minimum absolute atomic E-state index is 0.154. The minimum Gasteiger partial charge on any atom is -0.443 e. The van der Waals surface area contributed by atoms with Gasteiger partial charge in [0.1, 0.15) is 11.4 Å². The summed E-state index contributed by atoms with van der Waals surface area (Å²) in [6.07, 6.45) is -5.40. The Labute approximate surface area is 134 Å². The second-order valence-corrected chi connectivity index (χ2v) is 6.15. The summed E-state index contributed by atoms with van der Waals surface area (Å²) in [5.41, 5.74) is 4.95. The quantitative estimate of drug-likeness (QED) is 0.773. The van der Waals surface area contributed by atoms with Crippen LogP contribution in [-0.2, 0) is 11.3 Å². The van der Waals surface area contributed by atoms with Crippen LogP contribution in [0.15, 0.2) is 22.7 Å². The lowest BCUT2D eigenvalue weighted by molar-refractivity contribution is -0.274. The Bertz CT molecular complexity index is 530. The second kappa shape index (κ2) is 7.19. The van der Waals surface area contributed by atoms with E-state index in [4.69, 9.17) is 4.74 Å². The Morgan fingerprint density at radius 2 is 1.91 bits per heavy atom. The number of rotatable bonds is 4. The molecule has 1 aromatic carbocycles. The van der Waals surface area contributed by atoms with Crippen molar-refractivity contribution in [3.05, 3.63) is 28.2 Å². The van der Waals surface area contributed by atoms with Crippen molar-refractivity contribution < 1.29 is 27.4 Å². The molecule has 1 amide bonds. The van der Waals surface area contributed by atoms with Gasteiger partial charge in [-0.1, -0.05) is 6.07 Å². The maximum atomic E-state index is 12.1. The summed E-state index contributed by atoms with van der Waals surface area (Å²) in [6, 6.07) is 4.07. The van der Waals surface area contributed by atoms with Gasteiger partial charge < -0.3 is 9.47 Å². The number of alkyl halides is 3. The highest BCUT2D eigenvalue weighted by Gasteiger charge is 2.31. The molecule has 2 N–H and O–H groups in total. The van der Waals surface area contributed by atoms with Crippen molar-refractivity contribution in [2.45, 2.75) is 39.3 Å². The van der Waals surface area contributed by atoms with Crippen LogP contribution in [0.4, 0.5) is 18.0 Å². The van der Waals surface area contributed by atoms with Crippen LogP contribution in [0.2, 0.25) is 0 Å². The minimum atomic E-state index is -4.75. The number of nitrogens with one attached hydrogen (secondary N) is 2. The van der Waals surface area contributed by atoms with Gasteiger partial charge in [-0.2, -0.15) is 0 Å². The number of amides is 1. The molecule has 1 aromatic rings. The van der Waals surface area contributed by atoms with Crippen LogP contribution in [0.1, 0.15) is 26.3 Å². The summed E-state index contributed by atoms with van der Waals surface area (Å²) in [6.45, 7) is 5.37. The lowest BCUT2D eigenvalue weighted by Crippen LogP contribution is -2.40. The highest BCUT2D eigenvalue weighted by atomic mass is 79.9. The first-order valence-corrected chi connectivity index (χ1v) is 7.01. The van der Waals surface area contributed by atoms with E-state index in [-0.39, 0.29) is 16.8 Å². The van der Waals surface area contributed by atoms with Gasteiger partial charge >= 0.3 is 12.5 Å². The van der Waals surface area contributed by atoms with Gasteiger partial charge in [-0.15, -0.1) is 13.2 Å². The molecule has 0 atom stereocenters. The van der Waals surface area contributed by atoms with Crippen molar-refractivity contribution >= 4 is 22.0 Å². The van der Waals surface area contributed by atoms with Crippen LogP contribution < -0.4 is 15.6 Å². The number of halogens is 4. The summed E-state index contributed by atoms with van der Waals surface area (Å²) >= 11 is 3.00. The molecule has 0 unspecified atom stereocenters. The summed E-state index contributed by atoms with van der Waals surface area (Å²) in [7, 11) is 0. The van der Waals surface area contributed by atoms with Gasteiger partial charge in [0.05, 0.1) is 4.47 Å². The zero-order chi connectivity index (χ0) is 17.0. The van der Waals surface area contributed by atoms with E-state index in [1.165, 1.54) is 18.2 Å². The predicted octanol–water partition coefficient (Wildman–Crippen LogP) is 3.88. The van der Waals surface area contributed by atoms with Crippen molar-refractivity contribution in [1.29, 1.82) is 0 Å². The topological polar surface area (TPSA) is 59.6 Å². The second-order valence-electron chi connectivity index (χ2n) is 5.29. The standard InChI is InChI=1S/C13H16BrF3N2O3/c1-12(2,3)22-11(20)19-18-7-8-4-5-10(9(14)6-8)21-13(15,16)17/h4-6,18H,7H2,1-3H3,(H,19,20). The molecule has 0 saturated heterocycles. The number of ether oxygens (including phenoxy) is 2.